The predicted molar refractivity (Wildman–Crippen MR) is 82.8 cm³/mol. The fraction of sp³-hybridized carbons (Fsp3) is 0.529. The highest BCUT2D eigenvalue weighted by atomic mass is 16.2. The lowest BCUT2D eigenvalue weighted by atomic mass is 10.0. The lowest BCUT2D eigenvalue weighted by molar-refractivity contribution is -0.146. The molecule has 1 heterocycles. The summed E-state index contributed by atoms with van der Waals surface area (Å²) in [5.41, 5.74) is 2.36. The molecule has 1 aliphatic heterocycles. The molecular weight excluding hydrogens is 264 g/mol. The summed E-state index contributed by atoms with van der Waals surface area (Å²) in [4.78, 5) is 25.8. The standard InChI is InChI=1S/C17H24N2O2/c1-4-5-15-17(21)18-10-16(20)19(15)11-13-6-8-14(9-7-13)12(2)3/h6-9,12,15H,4-5,10-11H2,1-3H3,(H,18,21). The Morgan fingerprint density at radius 3 is 2.48 bits per heavy atom. The molecule has 1 aromatic rings. The fourth-order valence-corrected chi connectivity index (χ4v) is 2.66. The van der Waals surface area contributed by atoms with E-state index in [4.69, 9.17) is 0 Å². The first-order valence-corrected chi connectivity index (χ1v) is 7.69. The van der Waals surface area contributed by atoms with Crippen LogP contribution in [0.1, 0.15) is 50.7 Å². The van der Waals surface area contributed by atoms with Gasteiger partial charge in [-0.1, -0.05) is 51.5 Å². The molecule has 0 bridgehead atoms. The highest BCUT2D eigenvalue weighted by Gasteiger charge is 2.33. The molecule has 0 spiro atoms. The molecule has 2 rings (SSSR count). The number of amides is 2. The topological polar surface area (TPSA) is 49.4 Å². The quantitative estimate of drug-likeness (QED) is 0.904. The maximum absolute atomic E-state index is 12.1. The largest absolute Gasteiger partial charge is 0.345 e. The Morgan fingerprint density at radius 2 is 1.90 bits per heavy atom. The monoisotopic (exact) mass is 288 g/mol. The average Bonchev–Trinajstić information content (AvgIpc) is 2.47. The number of rotatable bonds is 5. The SMILES string of the molecule is CCCC1C(=O)NCC(=O)N1Cc1ccc(C(C)C)cc1. The van der Waals surface area contributed by atoms with Crippen LogP contribution in [0.3, 0.4) is 0 Å². The summed E-state index contributed by atoms with van der Waals surface area (Å²) in [6.45, 7) is 6.97. The Hall–Kier alpha value is -1.84. The van der Waals surface area contributed by atoms with E-state index in [1.54, 1.807) is 4.90 Å². The number of nitrogens with zero attached hydrogens (tertiary/aromatic N) is 1. The van der Waals surface area contributed by atoms with Crippen LogP contribution in [0, 0.1) is 0 Å². The zero-order valence-corrected chi connectivity index (χ0v) is 13.1. The van der Waals surface area contributed by atoms with Gasteiger partial charge < -0.3 is 10.2 Å². The van der Waals surface area contributed by atoms with Gasteiger partial charge in [-0.25, -0.2) is 0 Å². The molecule has 21 heavy (non-hydrogen) atoms. The molecule has 1 fully saturated rings. The first kappa shape index (κ1) is 15.5. The van der Waals surface area contributed by atoms with E-state index in [1.165, 1.54) is 5.56 Å². The Labute approximate surface area is 126 Å². The third-order valence-electron chi connectivity index (χ3n) is 3.97. The molecule has 1 saturated heterocycles. The van der Waals surface area contributed by atoms with Crippen LogP contribution in [0.2, 0.25) is 0 Å². The summed E-state index contributed by atoms with van der Waals surface area (Å²) in [5.74, 6) is 0.463. The van der Waals surface area contributed by atoms with E-state index in [2.05, 4.69) is 43.4 Å². The van der Waals surface area contributed by atoms with Crippen LogP contribution >= 0.6 is 0 Å². The van der Waals surface area contributed by atoms with Gasteiger partial charge in [-0.3, -0.25) is 9.59 Å². The molecule has 1 atom stereocenters. The summed E-state index contributed by atoms with van der Waals surface area (Å²) >= 11 is 0. The Kier molecular flexibility index (Phi) is 4.99. The van der Waals surface area contributed by atoms with Crippen molar-refractivity contribution < 1.29 is 9.59 Å². The second kappa shape index (κ2) is 6.74. The van der Waals surface area contributed by atoms with Crippen molar-refractivity contribution in [2.45, 2.75) is 52.1 Å². The van der Waals surface area contributed by atoms with Gasteiger partial charge in [0, 0.05) is 6.54 Å². The second-order valence-electron chi connectivity index (χ2n) is 5.94. The van der Waals surface area contributed by atoms with Crippen molar-refractivity contribution in [3.63, 3.8) is 0 Å². The molecule has 0 saturated carbocycles. The Bertz CT molecular complexity index is 508. The summed E-state index contributed by atoms with van der Waals surface area (Å²) in [6, 6.07) is 7.98. The summed E-state index contributed by atoms with van der Waals surface area (Å²) in [5, 5.41) is 2.68. The van der Waals surface area contributed by atoms with Crippen molar-refractivity contribution in [2.24, 2.45) is 0 Å². The van der Waals surface area contributed by atoms with Crippen molar-refractivity contribution in [2.75, 3.05) is 6.54 Å². The highest BCUT2D eigenvalue weighted by molar-refractivity contribution is 5.94. The Balaban J connectivity index is 2.14. The van der Waals surface area contributed by atoms with Crippen LogP contribution in [-0.2, 0) is 16.1 Å². The van der Waals surface area contributed by atoms with Crippen LogP contribution in [0.4, 0.5) is 0 Å². The van der Waals surface area contributed by atoms with Gasteiger partial charge in [-0.15, -0.1) is 0 Å². The lowest BCUT2D eigenvalue weighted by Crippen LogP contribution is -2.57. The fourth-order valence-electron chi connectivity index (χ4n) is 2.66. The van der Waals surface area contributed by atoms with Crippen molar-refractivity contribution in [1.82, 2.24) is 10.2 Å². The van der Waals surface area contributed by atoms with Crippen molar-refractivity contribution in [1.29, 1.82) is 0 Å². The van der Waals surface area contributed by atoms with Crippen LogP contribution in [0.5, 0.6) is 0 Å². The van der Waals surface area contributed by atoms with E-state index >= 15 is 0 Å². The number of piperazine rings is 1. The van der Waals surface area contributed by atoms with Crippen LogP contribution in [0.15, 0.2) is 24.3 Å². The lowest BCUT2D eigenvalue weighted by Gasteiger charge is -2.35. The molecule has 1 N–H and O–H groups in total. The van der Waals surface area contributed by atoms with Crippen molar-refractivity contribution in [3.05, 3.63) is 35.4 Å². The number of benzene rings is 1. The van der Waals surface area contributed by atoms with Gasteiger partial charge in [-0.05, 0) is 23.5 Å². The van der Waals surface area contributed by atoms with Gasteiger partial charge in [0.05, 0.1) is 6.54 Å². The summed E-state index contributed by atoms with van der Waals surface area (Å²) in [7, 11) is 0. The second-order valence-corrected chi connectivity index (χ2v) is 5.94. The Morgan fingerprint density at radius 1 is 1.24 bits per heavy atom. The number of carbonyl (C=O) groups excluding carboxylic acids is 2. The highest BCUT2D eigenvalue weighted by Crippen LogP contribution is 2.19. The van der Waals surface area contributed by atoms with Crippen LogP contribution < -0.4 is 5.32 Å². The zero-order valence-electron chi connectivity index (χ0n) is 13.1. The van der Waals surface area contributed by atoms with Crippen molar-refractivity contribution >= 4 is 11.8 Å². The van der Waals surface area contributed by atoms with Gasteiger partial charge in [0.25, 0.3) is 0 Å². The van der Waals surface area contributed by atoms with E-state index in [9.17, 15) is 9.59 Å². The maximum Gasteiger partial charge on any atom is 0.243 e. The molecule has 1 aliphatic rings. The van der Waals surface area contributed by atoms with Gasteiger partial charge in [-0.2, -0.15) is 0 Å². The maximum atomic E-state index is 12.1. The predicted octanol–water partition coefficient (Wildman–Crippen LogP) is 2.44. The molecule has 2 amide bonds. The third-order valence-corrected chi connectivity index (χ3v) is 3.97. The third kappa shape index (κ3) is 3.63. The average molecular weight is 288 g/mol. The molecular formula is C17H24N2O2. The summed E-state index contributed by atoms with van der Waals surface area (Å²) in [6.07, 6.45) is 1.59. The molecule has 114 valence electrons. The van der Waals surface area contributed by atoms with Gasteiger partial charge in [0.2, 0.25) is 11.8 Å². The van der Waals surface area contributed by atoms with E-state index in [0.717, 1.165) is 12.0 Å². The zero-order chi connectivity index (χ0) is 15.4. The molecule has 1 unspecified atom stereocenters. The van der Waals surface area contributed by atoms with E-state index < -0.39 is 0 Å². The number of nitrogens with one attached hydrogen (secondary N) is 1. The molecule has 4 nitrogen and oxygen atoms in total. The molecule has 0 aliphatic carbocycles. The molecule has 0 aromatic heterocycles. The first-order valence-electron chi connectivity index (χ1n) is 7.69. The van der Waals surface area contributed by atoms with Gasteiger partial charge in [0.1, 0.15) is 6.04 Å². The minimum Gasteiger partial charge on any atom is -0.345 e. The number of hydrogen-bond acceptors (Lipinski definition) is 2. The summed E-state index contributed by atoms with van der Waals surface area (Å²) < 4.78 is 0. The van der Waals surface area contributed by atoms with Gasteiger partial charge in [0.15, 0.2) is 0 Å². The van der Waals surface area contributed by atoms with Crippen LogP contribution in [0.25, 0.3) is 0 Å². The minimum absolute atomic E-state index is 0.000913. The number of hydrogen-bond donors (Lipinski definition) is 1. The molecule has 0 radical (unpaired) electrons. The van der Waals surface area contributed by atoms with Crippen LogP contribution in [-0.4, -0.2) is 29.3 Å². The molecule has 1 aromatic carbocycles. The molecule has 4 heteroatoms. The van der Waals surface area contributed by atoms with E-state index in [1.807, 2.05) is 6.92 Å². The smallest absolute Gasteiger partial charge is 0.243 e. The first-order chi connectivity index (χ1) is 10.0. The van der Waals surface area contributed by atoms with Crippen molar-refractivity contribution in [3.8, 4) is 0 Å². The van der Waals surface area contributed by atoms with E-state index in [0.29, 0.717) is 18.9 Å². The normalized spacial score (nSPS) is 19.0. The van der Waals surface area contributed by atoms with E-state index in [-0.39, 0.29) is 24.4 Å². The minimum atomic E-state index is -0.332. The number of carbonyl (C=O) groups is 2. The van der Waals surface area contributed by atoms with Gasteiger partial charge >= 0.3 is 0 Å².